The Balaban J connectivity index is 1.13. The van der Waals surface area contributed by atoms with Gasteiger partial charge < -0.3 is 9.47 Å². The molecule has 0 unspecified atom stereocenters. The van der Waals surface area contributed by atoms with Crippen LogP contribution in [0.4, 0.5) is 17.1 Å². The van der Waals surface area contributed by atoms with Crippen LogP contribution in [0, 0.1) is 0 Å². The molecule has 0 fully saturated rings. The van der Waals surface area contributed by atoms with Crippen LogP contribution in [0.5, 0.6) is 0 Å². The number of para-hydroxylation sites is 6. The van der Waals surface area contributed by atoms with Gasteiger partial charge in [-0.15, -0.1) is 0 Å². The summed E-state index contributed by atoms with van der Waals surface area (Å²) in [5.41, 5.74) is 11.0. The summed E-state index contributed by atoms with van der Waals surface area (Å²) in [5.74, 6) is 0.922. The Morgan fingerprint density at radius 2 is 0.830 bits per heavy atom. The molecule has 0 aliphatic heterocycles. The summed E-state index contributed by atoms with van der Waals surface area (Å²) in [6.45, 7) is 0. The second kappa shape index (κ2) is 11.2. The third-order valence-electron chi connectivity index (χ3n) is 8.92. The molecule has 2 aromatic heterocycles. The summed E-state index contributed by atoms with van der Waals surface area (Å²) < 4.78 is 4.60. The van der Waals surface area contributed by atoms with Gasteiger partial charge in [0, 0.05) is 44.8 Å². The van der Waals surface area contributed by atoms with Gasteiger partial charge >= 0.3 is 0 Å². The SMILES string of the molecule is c1ccc(N(c2ccc(-c3nc4ccccc4n3-c3ccccc3)cc2)c2ccc(-n3c4ccccc4c4ccccc43)cc2)cc1. The molecule has 0 saturated carbocycles. The van der Waals surface area contributed by atoms with Gasteiger partial charge in [0.2, 0.25) is 0 Å². The van der Waals surface area contributed by atoms with E-state index in [1.165, 1.54) is 21.8 Å². The van der Waals surface area contributed by atoms with Gasteiger partial charge in [0.25, 0.3) is 0 Å². The van der Waals surface area contributed by atoms with E-state index >= 15 is 0 Å². The van der Waals surface area contributed by atoms with Crippen molar-refractivity contribution in [2.75, 3.05) is 4.90 Å². The average molecular weight is 603 g/mol. The highest BCUT2D eigenvalue weighted by Gasteiger charge is 2.17. The zero-order valence-corrected chi connectivity index (χ0v) is 25.6. The van der Waals surface area contributed by atoms with Crippen molar-refractivity contribution in [1.82, 2.24) is 14.1 Å². The highest BCUT2D eigenvalue weighted by molar-refractivity contribution is 6.09. The number of nitrogens with zero attached hydrogens (tertiary/aromatic N) is 4. The highest BCUT2D eigenvalue weighted by Crippen LogP contribution is 2.38. The van der Waals surface area contributed by atoms with Crippen molar-refractivity contribution < 1.29 is 0 Å². The molecular weight excluding hydrogens is 573 g/mol. The molecule has 47 heavy (non-hydrogen) atoms. The number of imidazole rings is 1. The molecule has 9 aromatic rings. The summed E-state index contributed by atoms with van der Waals surface area (Å²) in [6.07, 6.45) is 0. The van der Waals surface area contributed by atoms with Gasteiger partial charge in [-0.1, -0.05) is 84.9 Å². The number of hydrogen-bond donors (Lipinski definition) is 0. The number of hydrogen-bond acceptors (Lipinski definition) is 2. The van der Waals surface area contributed by atoms with Gasteiger partial charge in [0.15, 0.2) is 0 Å². The normalized spacial score (nSPS) is 11.4. The first-order chi connectivity index (χ1) is 23.3. The lowest BCUT2D eigenvalue weighted by molar-refractivity contribution is 1.10. The van der Waals surface area contributed by atoms with E-state index in [1.807, 2.05) is 12.1 Å². The van der Waals surface area contributed by atoms with Crippen molar-refractivity contribution in [2.45, 2.75) is 0 Å². The Morgan fingerprint density at radius 1 is 0.362 bits per heavy atom. The van der Waals surface area contributed by atoms with Crippen molar-refractivity contribution in [3.63, 3.8) is 0 Å². The Bertz CT molecular complexity index is 2440. The van der Waals surface area contributed by atoms with Gasteiger partial charge in [0.05, 0.1) is 22.1 Å². The molecule has 0 aliphatic carbocycles. The number of fused-ring (bicyclic) bond motifs is 4. The number of rotatable bonds is 6. The first-order valence-electron chi connectivity index (χ1n) is 15.9. The van der Waals surface area contributed by atoms with Crippen LogP contribution >= 0.6 is 0 Å². The smallest absolute Gasteiger partial charge is 0.145 e. The molecule has 7 aromatic carbocycles. The van der Waals surface area contributed by atoms with Crippen LogP contribution in [-0.4, -0.2) is 14.1 Å². The fourth-order valence-corrected chi connectivity index (χ4v) is 6.79. The minimum absolute atomic E-state index is 0.922. The molecule has 0 saturated heterocycles. The van der Waals surface area contributed by atoms with E-state index in [0.717, 1.165) is 50.9 Å². The van der Waals surface area contributed by atoms with Crippen molar-refractivity contribution in [3.8, 4) is 22.8 Å². The molecule has 0 N–H and O–H groups in total. The van der Waals surface area contributed by atoms with E-state index in [-0.39, 0.29) is 0 Å². The number of anilines is 3. The fourth-order valence-electron chi connectivity index (χ4n) is 6.79. The standard InChI is InChI=1S/C43H30N4/c1-3-13-32(14-4-1)45(35-27-29-36(30-28-35)46-40-20-10-7-17-37(40)38-18-8-11-21-41(38)46)34-25-23-31(24-26-34)43-44-39-19-9-12-22-42(39)47(43)33-15-5-2-6-16-33/h1-30H. The summed E-state index contributed by atoms with van der Waals surface area (Å²) in [5, 5.41) is 2.53. The molecule has 9 rings (SSSR count). The Labute approximate surface area is 273 Å². The second-order valence-electron chi connectivity index (χ2n) is 11.7. The lowest BCUT2D eigenvalue weighted by Crippen LogP contribution is -2.10. The predicted octanol–water partition coefficient (Wildman–Crippen LogP) is 11.3. The predicted molar refractivity (Wildman–Crippen MR) is 196 cm³/mol. The van der Waals surface area contributed by atoms with Crippen molar-refractivity contribution >= 4 is 49.9 Å². The van der Waals surface area contributed by atoms with E-state index in [9.17, 15) is 0 Å². The quantitative estimate of drug-likeness (QED) is 0.189. The average Bonchev–Trinajstić information content (AvgIpc) is 3.70. The molecule has 0 spiro atoms. The molecule has 0 radical (unpaired) electrons. The molecule has 0 aliphatic rings. The topological polar surface area (TPSA) is 26.0 Å². The molecule has 0 bridgehead atoms. The van der Waals surface area contributed by atoms with Crippen LogP contribution in [0.1, 0.15) is 0 Å². The summed E-state index contributed by atoms with van der Waals surface area (Å²) >= 11 is 0. The van der Waals surface area contributed by atoms with Gasteiger partial charge in [-0.25, -0.2) is 4.98 Å². The molecule has 0 amide bonds. The highest BCUT2D eigenvalue weighted by atomic mass is 15.1. The first kappa shape index (κ1) is 27.0. The fraction of sp³-hybridized carbons (Fsp3) is 0. The second-order valence-corrected chi connectivity index (χ2v) is 11.7. The molecule has 222 valence electrons. The summed E-state index contributed by atoms with van der Waals surface area (Å²) in [7, 11) is 0. The maximum atomic E-state index is 5.07. The Kier molecular flexibility index (Phi) is 6.43. The van der Waals surface area contributed by atoms with Gasteiger partial charge in [0.1, 0.15) is 5.82 Å². The van der Waals surface area contributed by atoms with E-state index in [0.29, 0.717) is 0 Å². The van der Waals surface area contributed by atoms with Gasteiger partial charge in [-0.3, -0.25) is 4.57 Å². The maximum absolute atomic E-state index is 5.07. The van der Waals surface area contributed by atoms with Gasteiger partial charge in [-0.2, -0.15) is 0 Å². The largest absolute Gasteiger partial charge is 0.311 e. The monoisotopic (exact) mass is 602 g/mol. The Morgan fingerprint density at radius 3 is 1.47 bits per heavy atom. The molecular formula is C43H30N4. The zero-order chi connectivity index (χ0) is 31.2. The molecule has 0 atom stereocenters. The van der Waals surface area contributed by atoms with E-state index in [4.69, 9.17) is 4.98 Å². The molecule has 4 nitrogen and oxygen atoms in total. The van der Waals surface area contributed by atoms with Crippen LogP contribution in [-0.2, 0) is 0 Å². The van der Waals surface area contributed by atoms with Crippen LogP contribution < -0.4 is 4.90 Å². The van der Waals surface area contributed by atoms with E-state index in [1.54, 1.807) is 0 Å². The maximum Gasteiger partial charge on any atom is 0.145 e. The van der Waals surface area contributed by atoms with Crippen LogP contribution in [0.15, 0.2) is 182 Å². The van der Waals surface area contributed by atoms with E-state index in [2.05, 4.69) is 184 Å². The molecule has 4 heteroatoms. The van der Waals surface area contributed by atoms with Gasteiger partial charge in [-0.05, 0) is 97.1 Å². The number of aromatic nitrogens is 3. The zero-order valence-electron chi connectivity index (χ0n) is 25.6. The lowest BCUT2D eigenvalue weighted by Gasteiger charge is -2.26. The van der Waals surface area contributed by atoms with Crippen LogP contribution in [0.3, 0.4) is 0 Å². The summed E-state index contributed by atoms with van der Waals surface area (Å²) in [6, 6.07) is 64.2. The summed E-state index contributed by atoms with van der Waals surface area (Å²) in [4.78, 5) is 7.38. The lowest BCUT2D eigenvalue weighted by atomic mass is 10.1. The van der Waals surface area contributed by atoms with E-state index < -0.39 is 0 Å². The van der Waals surface area contributed by atoms with Crippen molar-refractivity contribution in [2.24, 2.45) is 0 Å². The Hall–Kier alpha value is -6.39. The number of benzene rings is 7. The van der Waals surface area contributed by atoms with Crippen molar-refractivity contribution in [3.05, 3.63) is 182 Å². The van der Waals surface area contributed by atoms with Crippen molar-refractivity contribution in [1.29, 1.82) is 0 Å². The minimum atomic E-state index is 0.922. The first-order valence-corrected chi connectivity index (χ1v) is 15.9. The minimum Gasteiger partial charge on any atom is -0.311 e. The third kappa shape index (κ3) is 4.58. The van der Waals surface area contributed by atoms with Crippen LogP contribution in [0.25, 0.3) is 55.6 Å². The third-order valence-corrected chi connectivity index (χ3v) is 8.92. The van der Waals surface area contributed by atoms with Crippen LogP contribution in [0.2, 0.25) is 0 Å². The molecule has 2 heterocycles.